The number of urea groups is 1. The summed E-state index contributed by atoms with van der Waals surface area (Å²) in [7, 11) is 1.59. The number of nitrogens with zero attached hydrogens (tertiary/aromatic N) is 2. The second-order valence-corrected chi connectivity index (χ2v) is 6.40. The molecular formula is C17H19BrN4O3. The smallest absolute Gasteiger partial charge is 0.339 e. The van der Waals surface area contributed by atoms with Crippen molar-refractivity contribution in [2.45, 2.75) is 12.8 Å². The van der Waals surface area contributed by atoms with Crippen LogP contribution in [-0.2, 0) is 0 Å². The quantitative estimate of drug-likeness (QED) is 0.584. The van der Waals surface area contributed by atoms with Gasteiger partial charge in [0, 0.05) is 24.8 Å². The maximum absolute atomic E-state index is 11.8. The highest BCUT2D eigenvalue weighted by Crippen LogP contribution is 2.31. The number of hydrogen-bond donors (Lipinski definition) is 2. The van der Waals surface area contributed by atoms with E-state index in [1.54, 1.807) is 31.4 Å². The number of hydrazone groups is 1. The lowest BCUT2D eigenvalue weighted by Crippen LogP contribution is -2.24. The average Bonchev–Trinajstić information content (AvgIpc) is 3.25. The number of hydrogen-bond acceptors (Lipinski definition) is 5. The number of carbonyl (C=O) groups excluding carboxylic acids is 1. The first-order valence-corrected chi connectivity index (χ1v) is 8.73. The zero-order chi connectivity index (χ0) is 17.6. The predicted molar refractivity (Wildman–Crippen MR) is 101 cm³/mol. The highest BCUT2D eigenvalue weighted by Gasteiger charge is 2.19. The van der Waals surface area contributed by atoms with E-state index in [9.17, 15) is 4.79 Å². The third-order valence-electron chi connectivity index (χ3n) is 3.79. The van der Waals surface area contributed by atoms with Gasteiger partial charge in [0.05, 0.1) is 17.8 Å². The first kappa shape index (κ1) is 17.3. The van der Waals surface area contributed by atoms with Gasteiger partial charge in [0.2, 0.25) is 5.88 Å². The molecular weight excluding hydrogens is 388 g/mol. The van der Waals surface area contributed by atoms with Crippen molar-refractivity contribution in [1.82, 2.24) is 5.43 Å². The fraction of sp³-hybridized carbons (Fsp3) is 0.294. The van der Waals surface area contributed by atoms with Gasteiger partial charge >= 0.3 is 6.03 Å². The van der Waals surface area contributed by atoms with Gasteiger partial charge in [0.25, 0.3) is 0 Å². The first-order valence-electron chi connectivity index (χ1n) is 7.94. The summed E-state index contributed by atoms with van der Waals surface area (Å²) in [5.41, 5.74) is 3.05. The van der Waals surface area contributed by atoms with Crippen LogP contribution in [0.1, 0.15) is 18.6 Å². The number of benzene rings is 1. The van der Waals surface area contributed by atoms with Crippen LogP contribution in [0.25, 0.3) is 0 Å². The van der Waals surface area contributed by atoms with Crippen molar-refractivity contribution in [3.05, 3.63) is 40.6 Å². The van der Waals surface area contributed by atoms with Gasteiger partial charge in [0.1, 0.15) is 5.75 Å². The van der Waals surface area contributed by atoms with Crippen LogP contribution in [0.2, 0.25) is 0 Å². The molecule has 0 saturated carbocycles. The van der Waals surface area contributed by atoms with Crippen LogP contribution in [0.3, 0.4) is 0 Å². The minimum absolute atomic E-state index is 0.438. The Morgan fingerprint density at radius 3 is 2.72 bits per heavy atom. The summed E-state index contributed by atoms with van der Waals surface area (Å²) in [5.74, 6) is 2.10. The molecule has 132 valence electrons. The van der Waals surface area contributed by atoms with Crippen molar-refractivity contribution in [2.24, 2.45) is 5.10 Å². The van der Waals surface area contributed by atoms with E-state index in [1.807, 2.05) is 6.07 Å². The molecule has 7 nitrogen and oxygen atoms in total. The molecule has 25 heavy (non-hydrogen) atoms. The van der Waals surface area contributed by atoms with Gasteiger partial charge in [0.15, 0.2) is 5.76 Å². The summed E-state index contributed by atoms with van der Waals surface area (Å²) < 4.78 is 11.7. The highest BCUT2D eigenvalue weighted by molar-refractivity contribution is 9.10. The normalized spacial score (nSPS) is 14.1. The van der Waals surface area contributed by atoms with Gasteiger partial charge in [-0.2, -0.15) is 5.10 Å². The Hall–Kier alpha value is -2.48. The average molecular weight is 407 g/mol. The third kappa shape index (κ3) is 4.54. The van der Waals surface area contributed by atoms with Crippen molar-refractivity contribution < 1.29 is 13.9 Å². The molecule has 2 heterocycles. The van der Waals surface area contributed by atoms with Gasteiger partial charge in [-0.1, -0.05) is 0 Å². The molecule has 0 bridgehead atoms. The molecule has 1 aromatic carbocycles. The van der Waals surface area contributed by atoms with Gasteiger partial charge < -0.3 is 19.4 Å². The lowest BCUT2D eigenvalue weighted by Gasteiger charge is -2.13. The maximum atomic E-state index is 11.8. The Balaban J connectivity index is 1.53. The van der Waals surface area contributed by atoms with Crippen LogP contribution in [0.15, 0.2) is 44.3 Å². The summed E-state index contributed by atoms with van der Waals surface area (Å²) >= 11 is 3.50. The van der Waals surface area contributed by atoms with E-state index in [0.717, 1.165) is 29.2 Å². The number of nitrogens with one attached hydrogen (secondary N) is 2. The highest BCUT2D eigenvalue weighted by atomic mass is 79.9. The molecule has 2 aromatic rings. The molecule has 8 heteroatoms. The van der Waals surface area contributed by atoms with E-state index in [0.29, 0.717) is 11.4 Å². The van der Waals surface area contributed by atoms with Gasteiger partial charge in [-0.05, 0) is 53.0 Å². The number of methoxy groups -OCH3 is 1. The number of halogens is 1. The van der Waals surface area contributed by atoms with Crippen molar-refractivity contribution in [3.8, 4) is 5.75 Å². The van der Waals surface area contributed by atoms with Gasteiger partial charge in [-0.3, -0.25) is 0 Å². The van der Waals surface area contributed by atoms with E-state index in [-0.39, 0.29) is 0 Å². The lowest BCUT2D eigenvalue weighted by molar-refractivity contribution is 0.252. The Morgan fingerprint density at radius 2 is 2.04 bits per heavy atom. The summed E-state index contributed by atoms with van der Waals surface area (Å²) in [5, 5.41) is 6.58. The van der Waals surface area contributed by atoms with Gasteiger partial charge in [-0.25, -0.2) is 10.2 Å². The standard InChI is InChI=1S/C17H19BrN4O3/c1-24-13-6-4-12(5-7-13)20-17(23)21-19-11-14-10-15(18)16(25-14)22-8-2-3-9-22/h4-7,10-11H,2-3,8-9H2,1H3,(H2,20,21,23)/b19-11+. The molecule has 1 aliphatic heterocycles. The third-order valence-corrected chi connectivity index (χ3v) is 4.35. The number of rotatable bonds is 5. The SMILES string of the molecule is COc1ccc(NC(=O)N/N=C/c2cc(Br)c(N3CCCC3)o2)cc1. The van der Waals surface area contributed by atoms with Gasteiger partial charge in [-0.15, -0.1) is 0 Å². The molecule has 2 amide bonds. The molecule has 1 aliphatic rings. The molecule has 1 fully saturated rings. The van der Waals surface area contributed by atoms with E-state index < -0.39 is 6.03 Å². The van der Waals surface area contributed by atoms with Crippen LogP contribution >= 0.6 is 15.9 Å². The fourth-order valence-corrected chi connectivity index (χ4v) is 3.12. The Morgan fingerprint density at radius 1 is 1.32 bits per heavy atom. The van der Waals surface area contributed by atoms with Crippen molar-refractivity contribution in [1.29, 1.82) is 0 Å². The van der Waals surface area contributed by atoms with Crippen LogP contribution in [0.5, 0.6) is 5.75 Å². The van der Waals surface area contributed by atoms with E-state index in [4.69, 9.17) is 9.15 Å². The number of carbonyl (C=O) groups is 1. The molecule has 0 aliphatic carbocycles. The minimum atomic E-state index is -0.438. The molecule has 3 rings (SSSR count). The van der Waals surface area contributed by atoms with E-state index in [2.05, 4.69) is 36.7 Å². The molecule has 0 spiro atoms. The van der Waals surface area contributed by atoms with E-state index >= 15 is 0 Å². The molecule has 0 unspecified atom stereocenters. The molecule has 1 aromatic heterocycles. The molecule has 0 atom stereocenters. The topological polar surface area (TPSA) is 79.1 Å². The second-order valence-electron chi connectivity index (χ2n) is 5.55. The minimum Gasteiger partial charge on any atom is -0.497 e. The van der Waals surface area contributed by atoms with Crippen LogP contribution in [0.4, 0.5) is 16.4 Å². The number of ether oxygens (including phenoxy) is 1. The molecule has 0 radical (unpaired) electrons. The van der Waals surface area contributed by atoms with Crippen molar-refractivity contribution in [3.63, 3.8) is 0 Å². The number of anilines is 2. The van der Waals surface area contributed by atoms with Crippen LogP contribution in [0, 0.1) is 0 Å². The number of furan rings is 1. The summed E-state index contributed by atoms with van der Waals surface area (Å²) in [6.07, 6.45) is 3.81. The zero-order valence-electron chi connectivity index (χ0n) is 13.8. The second kappa shape index (κ2) is 8.06. The maximum Gasteiger partial charge on any atom is 0.339 e. The fourth-order valence-electron chi connectivity index (χ4n) is 2.56. The monoisotopic (exact) mass is 406 g/mol. The molecule has 2 N–H and O–H groups in total. The lowest BCUT2D eigenvalue weighted by atomic mass is 10.3. The summed E-state index contributed by atoms with van der Waals surface area (Å²) in [4.78, 5) is 14.0. The Labute approximate surface area is 154 Å². The Kier molecular flexibility index (Phi) is 5.60. The first-order chi connectivity index (χ1) is 12.2. The summed E-state index contributed by atoms with van der Waals surface area (Å²) in [6, 6.07) is 8.41. The summed E-state index contributed by atoms with van der Waals surface area (Å²) in [6.45, 7) is 1.98. The predicted octanol–water partition coefficient (Wildman–Crippen LogP) is 3.81. The zero-order valence-corrected chi connectivity index (χ0v) is 15.4. The largest absolute Gasteiger partial charge is 0.497 e. The van der Waals surface area contributed by atoms with E-state index in [1.165, 1.54) is 19.1 Å². The molecule has 1 saturated heterocycles. The Bertz CT molecular complexity index is 752. The number of amides is 2. The van der Waals surface area contributed by atoms with Crippen LogP contribution in [-0.4, -0.2) is 32.4 Å². The van der Waals surface area contributed by atoms with Crippen LogP contribution < -0.4 is 20.4 Å². The van der Waals surface area contributed by atoms with Crippen molar-refractivity contribution >= 4 is 39.7 Å². The van der Waals surface area contributed by atoms with Crippen molar-refractivity contribution in [2.75, 3.05) is 30.4 Å².